The molecule has 6 nitrogen and oxygen atoms in total. The molecule has 7 heteroatoms. The predicted molar refractivity (Wildman–Crippen MR) is 86.0 cm³/mol. The first-order chi connectivity index (χ1) is 11.5. The zero-order valence-electron chi connectivity index (χ0n) is 13.7. The molecule has 2 atom stereocenters. The molecule has 24 heavy (non-hydrogen) atoms. The second-order valence-corrected chi connectivity index (χ2v) is 5.89. The quantitative estimate of drug-likeness (QED) is 0.931. The number of carbonyl (C=O) groups excluding carboxylic acids is 1. The summed E-state index contributed by atoms with van der Waals surface area (Å²) in [5.41, 5.74) is 0.904. The van der Waals surface area contributed by atoms with Gasteiger partial charge in [0.1, 0.15) is 11.6 Å². The number of anilines is 1. The molecule has 1 amide bonds. The summed E-state index contributed by atoms with van der Waals surface area (Å²) in [4.78, 5) is 14.4. The van der Waals surface area contributed by atoms with E-state index in [2.05, 4.69) is 10.5 Å². The number of nitrogens with zero attached hydrogens (tertiary/aromatic N) is 2. The maximum absolute atomic E-state index is 13.1. The van der Waals surface area contributed by atoms with E-state index in [1.54, 1.807) is 25.1 Å². The van der Waals surface area contributed by atoms with Crippen LogP contribution in [0, 0.1) is 12.7 Å². The maximum Gasteiger partial charge on any atom is 0.242 e. The fourth-order valence-electron chi connectivity index (χ4n) is 2.72. The Morgan fingerprint density at radius 3 is 2.83 bits per heavy atom. The van der Waals surface area contributed by atoms with E-state index in [9.17, 15) is 9.18 Å². The molecule has 1 fully saturated rings. The molecule has 1 saturated heterocycles. The number of morpholine rings is 1. The summed E-state index contributed by atoms with van der Waals surface area (Å²) in [7, 11) is 0. The SMILES string of the molecule is Cc1cc(NC(=O)[C@@H](C)N2CCO[C@H](c3ccc(F)cc3)C2)no1. The average Bonchev–Trinajstić information content (AvgIpc) is 3.00. The van der Waals surface area contributed by atoms with Gasteiger partial charge in [0, 0.05) is 19.2 Å². The molecule has 2 heterocycles. The van der Waals surface area contributed by atoms with Gasteiger partial charge in [0.25, 0.3) is 0 Å². The molecule has 1 aromatic heterocycles. The standard InChI is InChI=1S/C17H20FN3O3/c1-11-9-16(20-24-11)19-17(22)12(2)21-7-8-23-15(10-21)13-3-5-14(18)6-4-13/h3-6,9,12,15H,7-8,10H2,1-2H3,(H,19,20,22)/t12-,15+/m1/s1. The highest BCUT2D eigenvalue weighted by atomic mass is 19.1. The molecule has 1 aliphatic heterocycles. The summed E-state index contributed by atoms with van der Waals surface area (Å²) in [6, 6.07) is 7.60. The first kappa shape index (κ1) is 16.6. The number of aromatic nitrogens is 1. The topological polar surface area (TPSA) is 67.6 Å². The Morgan fingerprint density at radius 1 is 1.42 bits per heavy atom. The summed E-state index contributed by atoms with van der Waals surface area (Å²) in [6.45, 7) is 5.35. The van der Waals surface area contributed by atoms with Crippen LogP contribution < -0.4 is 5.32 Å². The molecule has 0 radical (unpaired) electrons. The van der Waals surface area contributed by atoms with E-state index in [1.807, 2.05) is 11.8 Å². The van der Waals surface area contributed by atoms with Gasteiger partial charge in [-0.2, -0.15) is 0 Å². The van der Waals surface area contributed by atoms with E-state index in [1.165, 1.54) is 12.1 Å². The lowest BCUT2D eigenvalue weighted by Crippen LogP contribution is -2.48. The van der Waals surface area contributed by atoms with Crippen molar-refractivity contribution in [2.45, 2.75) is 26.0 Å². The van der Waals surface area contributed by atoms with E-state index in [0.717, 1.165) is 5.56 Å². The lowest BCUT2D eigenvalue weighted by Gasteiger charge is -2.36. The zero-order chi connectivity index (χ0) is 17.1. The second kappa shape index (κ2) is 7.11. The van der Waals surface area contributed by atoms with Crippen molar-refractivity contribution >= 4 is 11.7 Å². The number of hydrogen-bond donors (Lipinski definition) is 1. The number of hydrogen-bond acceptors (Lipinski definition) is 5. The minimum Gasteiger partial charge on any atom is -0.371 e. The highest BCUT2D eigenvalue weighted by Gasteiger charge is 2.29. The summed E-state index contributed by atoms with van der Waals surface area (Å²) >= 11 is 0. The van der Waals surface area contributed by atoms with E-state index in [-0.39, 0.29) is 23.9 Å². The number of rotatable bonds is 4. The van der Waals surface area contributed by atoms with Crippen LogP contribution in [0.3, 0.4) is 0 Å². The zero-order valence-corrected chi connectivity index (χ0v) is 13.7. The number of aryl methyl sites for hydroxylation is 1. The number of amides is 1. The third-order valence-electron chi connectivity index (χ3n) is 4.15. The molecule has 128 valence electrons. The van der Waals surface area contributed by atoms with Crippen molar-refractivity contribution in [3.8, 4) is 0 Å². The Balaban J connectivity index is 1.62. The van der Waals surface area contributed by atoms with Gasteiger partial charge in [-0.3, -0.25) is 9.69 Å². The summed E-state index contributed by atoms with van der Waals surface area (Å²) in [5.74, 6) is 0.624. The van der Waals surface area contributed by atoms with Crippen molar-refractivity contribution < 1.29 is 18.4 Å². The lowest BCUT2D eigenvalue weighted by molar-refractivity contribution is -0.124. The molecule has 2 aromatic rings. The Labute approximate surface area is 139 Å². The predicted octanol–water partition coefficient (Wildman–Crippen LogP) is 2.52. The van der Waals surface area contributed by atoms with Gasteiger partial charge in [0.05, 0.1) is 18.8 Å². The molecule has 0 spiro atoms. The van der Waals surface area contributed by atoms with E-state index < -0.39 is 0 Å². The van der Waals surface area contributed by atoms with Gasteiger partial charge in [-0.1, -0.05) is 17.3 Å². The first-order valence-electron chi connectivity index (χ1n) is 7.88. The Bertz CT molecular complexity index is 701. The Hall–Kier alpha value is -2.25. The third kappa shape index (κ3) is 3.80. The normalized spacial score (nSPS) is 19.9. The minimum atomic E-state index is -0.339. The van der Waals surface area contributed by atoms with Crippen molar-refractivity contribution in [3.05, 3.63) is 47.5 Å². The van der Waals surface area contributed by atoms with Crippen LogP contribution in [0.1, 0.15) is 24.4 Å². The van der Waals surface area contributed by atoms with E-state index in [4.69, 9.17) is 9.26 Å². The minimum absolute atomic E-state index is 0.150. The molecule has 0 unspecified atom stereocenters. The second-order valence-electron chi connectivity index (χ2n) is 5.89. The van der Waals surface area contributed by atoms with Gasteiger partial charge in [0.2, 0.25) is 5.91 Å². The van der Waals surface area contributed by atoms with Crippen LogP contribution in [-0.4, -0.2) is 41.7 Å². The molecule has 0 saturated carbocycles. The number of halogens is 1. The van der Waals surface area contributed by atoms with Crippen LogP contribution in [0.5, 0.6) is 0 Å². The largest absolute Gasteiger partial charge is 0.371 e. The summed E-state index contributed by atoms with van der Waals surface area (Å²) < 4.78 is 23.8. The van der Waals surface area contributed by atoms with Gasteiger partial charge < -0.3 is 14.6 Å². The lowest BCUT2D eigenvalue weighted by atomic mass is 10.1. The molecular weight excluding hydrogens is 313 g/mol. The third-order valence-corrected chi connectivity index (χ3v) is 4.15. The van der Waals surface area contributed by atoms with Gasteiger partial charge in [-0.15, -0.1) is 0 Å². The Kier molecular flexibility index (Phi) is 4.92. The molecule has 3 rings (SSSR count). The molecule has 1 aliphatic rings. The molecule has 0 bridgehead atoms. The van der Waals surface area contributed by atoms with Crippen molar-refractivity contribution in [3.63, 3.8) is 0 Å². The summed E-state index contributed by atoms with van der Waals surface area (Å²) in [6.07, 6.45) is -0.177. The first-order valence-corrected chi connectivity index (χ1v) is 7.88. The summed E-state index contributed by atoms with van der Waals surface area (Å²) in [5, 5.41) is 6.51. The Morgan fingerprint density at radius 2 is 2.17 bits per heavy atom. The molecule has 1 aromatic carbocycles. The smallest absolute Gasteiger partial charge is 0.242 e. The van der Waals surface area contributed by atoms with Crippen molar-refractivity contribution in [2.75, 3.05) is 25.0 Å². The number of ether oxygens (including phenoxy) is 1. The molecular formula is C17H20FN3O3. The number of benzene rings is 1. The molecule has 0 aliphatic carbocycles. The maximum atomic E-state index is 13.1. The van der Waals surface area contributed by atoms with Gasteiger partial charge in [0.15, 0.2) is 5.82 Å². The van der Waals surface area contributed by atoms with Crippen LogP contribution in [0.25, 0.3) is 0 Å². The highest BCUT2D eigenvalue weighted by Crippen LogP contribution is 2.24. The van der Waals surface area contributed by atoms with Crippen LogP contribution in [-0.2, 0) is 9.53 Å². The van der Waals surface area contributed by atoms with Crippen molar-refractivity contribution in [1.82, 2.24) is 10.1 Å². The fraction of sp³-hybridized carbons (Fsp3) is 0.412. The monoisotopic (exact) mass is 333 g/mol. The van der Waals surface area contributed by atoms with Crippen molar-refractivity contribution in [1.29, 1.82) is 0 Å². The fourth-order valence-corrected chi connectivity index (χ4v) is 2.72. The van der Waals surface area contributed by atoms with E-state index >= 15 is 0 Å². The number of nitrogens with one attached hydrogen (secondary N) is 1. The van der Waals surface area contributed by atoms with E-state index in [0.29, 0.717) is 31.3 Å². The van der Waals surface area contributed by atoms with Crippen molar-refractivity contribution in [2.24, 2.45) is 0 Å². The van der Waals surface area contributed by atoms with Gasteiger partial charge >= 0.3 is 0 Å². The van der Waals surface area contributed by atoms with Crippen LogP contribution in [0.2, 0.25) is 0 Å². The van der Waals surface area contributed by atoms with Crippen LogP contribution in [0.4, 0.5) is 10.2 Å². The number of carbonyl (C=O) groups is 1. The average molecular weight is 333 g/mol. The van der Waals surface area contributed by atoms with Crippen LogP contribution in [0.15, 0.2) is 34.9 Å². The van der Waals surface area contributed by atoms with Gasteiger partial charge in [-0.05, 0) is 31.5 Å². The van der Waals surface area contributed by atoms with Gasteiger partial charge in [-0.25, -0.2) is 4.39 Å². The molecule has 1 N–H and O–H groups in total. The highest BCUT2D eigenvalue weighted by molar-refractivity contribution is 5.93. The van der Waals surface area contributed by atoms with Crippen LogP contribution >= 0.6 is 0 Å².